The van der Waals surface area contributed by atoms with Gasteiger partial charge in [0, 0.05) is 24.5 Å². The summed E-state index contributed by atoms with van der Waals surface area (Å²) in [5.74, 6) is -0.0955. The average molecular weight is 274 g/mol. The van der Waals surface area contributed by atoms with E-state index in [2.05, 4.69) is 15.5 Å². The van der Waals surface area contributed by atoms with Crippen LogP contribution in [0.3, 0.4) is 0 Å². The van der Waals surface area contributed by atoms with Crippen molar-refractivity contribution in [1.29, 1.82) is 0 Å². The average Bonchev–Trinajstić information content (AvgIpc) is 3.05. The number of carbonyl (C=O) groups is 1. The molecule has 3 rings (SSSR count). The number of likely N-dealkylation sites (N-methyl/N-ethyl adjacent to an activating group) is 1. The third-order valence-electron chi connectivity index (χ3n) is 3.79. The van der Waals surface area contributed by atoms with Gasteiger partial charge in [0.2, 0.25) is 0 Å². The van der Waals surface area contributed by atoms with Crippen LogP contribution in [0.1, 0.15) is 16.8 Å². The van der Waals surface area contributed by atoms with E-state index in [0.29, 0.717) is 25.1 Å². The van der Waals surface area contributed by atoms with Crippen LogP contribution in [0.25, 0.3) is 10.9 Å². The summed E-state index contributed by atoms with van der Waals surface area (Å²) in [7, 11) is 1.72. The van der Waals surface area contributed by atoms with Gasteiger partial charge in [0.1, 0.15) is 0 Å². The molecular weight excluding hydrogens is 256 g/mol. The predicted octanol–water partition coefficient (Wildman–Crippen LogP) is 0.359. The van der Waals surface area contributed by atoms with Crippen molar-refractivity contribution in [3.63, 3.8) is 0 Å². The zero-order valence-electron chi connectivity index (χ0n) is 11.4. The van der Waals surface area contributed by atoms with Crippen LogP contribution in [0.15, 0.2) is 24.4 Å². The van der Waals surface area contributed by atoms with Crippen molar-refractivity contribution in [2.45, 2.75) is 12.0 Å². The van der Waals surface area contributed by atoms with Crippen LogP contribution in [0.5, 0.6) is 0 Å². The topological polar surface area (TPSA) is 81.2 Å². The molecule has 6 heteroatoms. The number of amides is 1. The molecule has 20 heavy (non-hydrogen) atoms. The minimum Gasteiger partial charge on any atom is -0.387 e. The summed E-state index contributed by atoms with van der Waals surface area (Å²) in [5, 5.41) is 21.2. The fourth-order valence-corrected chi connectivity index (χ4v) is 2.67. The fourth-order valence-electron chi connectivity index (χ4n) is 2.67. The highest BCUT2D eigenvalue weighted by molar-refractivity contribution is 5.97. The van der Waals surface area contributed by atoms with E-state index in [0.717, 1.165) is 17.4 Å². The smallest absolute Gasteiger partial charge is 0.253 e. The molecule has 2 aromatic rings. The molecule has 0 aliphatic carbocycles. The first kappa shape index (κ1) is 13.1. The monoisotopic (exact) mass is 274 g/mol. The lowest BCUT2D eigenvalue weighted by atomic mass is 10.0. The Labute approximate surface area is 116 Å². The molecule has 1 unspecified atom stereocenters. The second kappa shape index (κ2) is 4.88. The zero-order chi connectivity index (χ0) is 14.2. The Kier molecular flexibility index (Phi) is 3.19. The highest BCUT2D eigenvalue weighted by Gasteiger charge is 2.33. The number of nitrogens with one attached hydrogen (secondary N) is 2. The van der Waals surface area contributed by atoms with Gasteiger partial charge in [0.25, 0.3) is 5.91 Å². The maximum absolute atomic E-state index is 12.4. The number of H-pyrrole nitrogens is 1. The lowest BCUT2D eigenvalue weighted by Gasteiger charge is -2.28. The normalized spacial score (nSPS) is 22.3. The molecule has 1 aliphatic rings. The minimum absolute atomic E-state index is 0.0955. The molecule has 1 atom stereocenters. The van der Waals surface area contributed by atoms with Crippen LogP contribution in [-0.2, 0) is 0 Å². The van der Waals surface area contributed by atoms with Gasteiger partial charge in [-0.25, -0.2) is 0 Å². The minimum atomic E-state index is -0.817. The summed E-state index contributed by atoms with van der Waals surface area (Å²) in [4.78, 5) is 14.0. The largest absolute Gasteiger partial charge is 0.387 e. The van der Waals surface area contributed by atoms with Gasteiger partial charge in [0.15, 0.2) is 0 Å². The summed E-state index contributed by atoms with van der Waals surface area (Å²) >= 11 is 0. The molecule has 0 saturated carbocycles. The Morgan fingerprint density at radius 3 is 3.15 bits per heavy atom. The van der Waals surface area contributed by atoms with Crippen molar-refractivity contribution in [2.24, 2.45) is 0 Å². The van der Waals surface area contributed by atoms with Crippen molar-refractivity contribution in [1.82, 2.24) is 20.4 Å². The first-order chi connectivity index (χ1) is 9.57. The van der Waals surface area contributed by atoms with Crippen molar-refractivity contribution in [3.8, 4) is 0 Å². The molecule has 1 aromatic carbocycles. The van der Waals surface area contributed by atoms with Gasteiger partial charge in [-0.05, 0) is 25.1 Å². The van der Waals surface area contributed by atoms with Crippen molar-refractivity contribution >= 4 is 16.8 Å². The summed E-state index contributed by atoms with van der Waals surface area (Å²) in [6, 6.07) is 5.44. The fraction of sp³-hybridized carbons (Fsp3) is 0.429. The molecule has 0 bridgehead atoms. The number of nitrogens with zero attached hydrogens (tertiary/aromatic N) is 2. The number of aromatic amines is 1. The Morgan fingerprint density at radius 2 is 2.40 bits per heavy atom. The first-order valence-corrected chi connectivity index (χ1v) is 6.69. The SMILES string of the molecule is CN(CC1(O)CCNC1)C(=O)c1ccc2cn[nH]c2c1. The molecule has 1 aliphatic heterocycles. The Morgan fingerprint density at radius 1 is 1.55 bits per heavy atom. The zero-order valence-corrected chi connectivity index (χ0v) is 11.4. The second-order valence-electron chi connectivity index (χ2n) is 5.48. The van der Waals surface area contributed by atoms with E-state index in [4.69, 9.17) is 0 Å². The number of aromatic nitrogens is 2. The molecule has 0 spiro atoms. The van der Waals surface area contributed by atoms with Gasteiger partial charge in [-0.3, -0.25) is 9.89 Å². The van der Waals surface area contributed by atoms with E-state index < -0.39 is 5.60 Å². The van der Waals surface area contributed by atoms with Crippen LogP contribution >= 0.6 is 0 Å². The number of benzene rings is 1. The number of rotatable bonds is 3. The molecular formula is C14H18N4O2. The molecule has 3 N–H and O–H groups in total. The van der Waals surface area contributed by atoms with E-state index in [1.807, 2.05) is 6.07 Å². The van der Waals surface area contributed by atoms with Gasteiger partial charge in [-0.15, -0.1) is 0 Å². The Balaban J connectivity index is 1.76. The summed E-state index contributed by atoms with van der Waals surface area (Å²) in [6.45, 7) is 1.66. The van der Waals surface area contributed by atoms with Gasteiger partial charge >= 0.3 is 0 Å². The highest BCUT2D eigenvalue weighted by Crippen LogP contribution is 2.18. The van der Waals surface area contributed by atoms with Gasteiger partial charge in [0.05, 0.1) is 23.9 Å². The van der Waals surface area contributed by atoms with Gasteiger partial charge in [-0.1, -0.05) is 6.07 Å². The number of hydrogen-bond acceptors (Lipinski definition) is 4. The number of β-amino-alcohol motifs (C(OH)–C–C–N with tert-alkyl or cyclic N) is 1. The van der Waals surface area contributed by atoms with E-state index >= 15 is 0 Å². The van der Waals surface area contributed by atoms with E-state index in [9.17, 15) is 9.90 Å². The first-order valence-electron chi connectivity index (χ1n) is 6.69. The number of aliphatic hydroxyl groups is 1. The van der Waals surface area contributed by atoms with Crippen LogP contribution in [-0.4, -0.2) is 58.4 Å². The summed E-state index contributed by atoms with van der Waals surface area (Å²) in [6.07, 6.45) is 2.39. The van der Waals surface area contributed by atoms with Crippen LogP contribution in [0.2, 0.25) is 0 Å². The van der Waals surface area contributed by atoms with Crippen LogP contribution < -0.4 is 5.32 Å². The lowest BCUT2D eigenvalue weighted by Crippen LogP contribution is -2.45. The van der Waals surface area contributed by atoms with Crippen LogP contribution in [0.4, 0.5) is 0 Å². The molecule has 1 amide bonds. The molecule has 1 saturated heterocycles. The molecule has 1 aromatic heterocycles. The van der Waals surface area contributed by atoms with Crippen molar-refractivity contribution < 1.29 is 9.90 Å². The Bertz CT molecular complexity index is 631. The molecule has 1 fully saturated rings. The number of fused-ring (bicyclic) bond motifs is 1. The molecule has 2 heterocycles. The molecule has 106 valence electrons. The standard InChI is InChI=1S/C14H18N4O2/c1-18(9-14(20)4-5-15-8-14)13(19)10-2-3-11-7-16-17-12(11)6-10/h2-3,6-7,15,20H,4-5,8-9H2,1H3,(H,16,17). The third-order valence-corrected chi connectivity index (χ3v) is 3.79. The maximum atomic E-state index is 12.4. The highest BCUT2D eigenvalue weighted by atomic mass is 16.3. The third kappa shape index (κ3) is 2.39. The van der Waals surface area contributed by atoms with E-state index in [-0.39, 0.29) is 5.91 Å². The Hall–Kier alpha value is -1.92. The second-order valence-corrected chi connectivity index (χ2v) is 5.48. The summed E-state index contributed by atoms with van der Waals surface area (Å²) in [5.41, 5.74) is 0.618. The van der Waals surface area contributed by atoms with Crippen molar-refractivity contribution in [3.05, 3.63) is 30.0 Å². The summed E-state index contributed by atoms with van der Waals surface area (Å²) < 4.78 is 0. The number of hydrogen-bond donors (Lipinski definition) is 3. The quantitative estimate of drug-likeness (QED) is 0.755. The number of carbonyl (C=O) groups excluding carboxylic acids is 1. The molecule has 0 radical (unpaired) electrons. The van der Waals surface area contributed by atoms with E-state index in [1.165, 1.54) is 0 Å². The van der Waals surface area contributed by atoms with E-state index in [1.54, 1.807) is 30.3 Å². The maximum Gasteiger partial charge on any atom is 0.253 e. The molecule has 6 nitrogen and oxygen atoms in total. The lowest BCUT2D eigenvalue weighted by molar-refractivity contribution is 0.0252. The van der Waals surface area contributed by atoms with Gasteiger partial charge < -0.3 is 15.3 Å². The predicted molar refractivity (Wildman–Crippen MR) is 75.5 cm³/mol. The van der Waals surface area contributed by atoms with Crippen LogP contribution in [0, 0.1) is 0 Å². The van der Waals surface area contributed by atoms with Crippen molar-refractivity contribution in [2.75, 3.05) is 26.7 Å². The van der Waals surface area contributed by atoms with Gasteiger partial charge in [-0.2, -0.15) is 5.10 Å².